The third kappa shape index (κ3) is 3.02. The zero-order chi connectivity index (χ0) is 17.3. The van der Waals surface area contributed by atoms with E-state index in [1.165, 1.54) is 6.08 Å². The number of ether oxygens (including phenoxy) is 1. The first-order chi connectivity index (χ1) is 11.5. The number of aliphatic hydroxyl groups excluding tert-OH is 3. The van der Waals surface area contributed by atoms with Crippen molar-refractivity contribution in [3.05, 3.63) is 74.8 Å². The van der Waals surface area contributed by atoms with E-state index in [2.05, 4.69) is 0 Å². The van der Waals surface area contributed by atoms with Gasteiger partial charge in [0.2, 0.25) is 0 Å². The summed E-state index contributed by atoms with van der Waals surface area (Å²) < 4.78 is 6.40. The van der Waals surface area contributed by atoms with Gasteiger partial charge in [0.25, 0.3) is 5.56 Å². The Morgan fingerprint density at radius 2 is 1.83 bits per heavy atom. The molecule has 2 aromatic rings. The number of hydrogen-bond donors (Lipinski definition) is 4. The van der Waals surface area contributed by atoms with Gasteiger partial charge in [0.05, 0.1) is 0 Å². The van der Waals surface area contributed by atoms with Crippen molar-refractivity contribution >= 4 is 6.08 Å². The van der Waals surface area contributed by atoms with Crippen molar-refractivity contribution in [1.29, 1.82) is 0 Å². The van der Waals surface area contributed by atoms with Crippen LogP contribution in [0.3, 0.4) is 0 Å². The number of H-pyrrole nitrogens is 1. The molecule has 24 heavy (non-hydrogen) atoms. The number of aliphatic hydroxyl groups is 3. The van der Waals surface area contributed by atoms with Crippen molar-refractivity contribution in [3.63, 3.8) is 0 Å². The Balaban J connectivity index is 1.89. The monoisotopic (exact) mass is 332 g/mol. The highest BCUT2D eigenvalue weighted by molar-refractivity contribution is 5.51. The van der Waals surface area contributed by atoms with Crippen LogP contribution in [0.15, 0.2) is 57.9 Å². The highest BCUT2D eigenvalue weighted by atomic mass is 16.6. The Hall–Kier alpha value is -2.68. The van der Waals surface area contributed by atoms with Crippen molar-refractivity contribution in [2.75, 3.05) is 0 Å². The largest absolute Gasteiger partial charge is 0.509 e. The molecule has 3 rings (SSSR count). The third-order valence-corrected chi connectivity index (χ3v) is 3.77. The second-order valence-corrected chi connectivity index (χ2v) is 5.43. The first kappa shape index (κ1) is 16.2. The van der Waals surface area contributed by atoms with E-state index >= 15 is 0 Å². The maximum absolute atomic E-state index is 11.8. The van der Waals surface area contributed by atoms with Gasteiger partial charge in [0, 0.05) is 12.3 Å². The van der Waals surface area contributed by atoms with Gasteiger partial charge in [-0.2, -0.15) is 0 Å². The Kier molecular flexibility index (Phi) is 4.34. The average Bonchev–Trinajstić information content (AvgIpc) is 2.85. The van der Waals surface area contributed by atoms with E-state index in [9.17, 15) is 24.9 Å². The van der Waals surface area contributed by atoms with Gasteiger partial charge >= 0.3 is 5.69 Å². The Morgan fingerprint density at radius 1 is 1.12 bits per heavy atom. The lowest BCUT2D eigenvalue weighted by Gasteiger charge is -2.16. The first-order valence-electron chi connectivity index (χ1n) is 7.26. The molecule has 4 N–H and O–H groups in total. The summed E-state index contributed by atoms with van der Waals surface area (Å²) in [7, 11) is 0. The molecule has 4 atom stereocenters. The number of aromatic nitrogens is 2. The van der Waals surface area contributed by atoms with Crippen LogP contribution in [-0.2, 0) is 4.74 Å². The molecule has 0 radical (unpaired) electrons. The number of nitrogens with zero attached hydrogens (tertiary/aromatic N) is 1. The Bertz CT molecular complexity index is 857. The lowest BCUT2D eigenvalue weighted by atomic mass is 10.1. The highest BCUT2D eigenvalue weighted by Gasteiger charge is 2.45. The van der Waals surface area contributed by atoms with Crippen LogP contribution < -0.4 is 11.2 Å². The molecule has 0 saturated carbocycles. The fraction of sp³-hybridized carbons (Fsp3) is 0.250. The highest BCUT2D eigenvalue weighted by Crippen LogP contribution is 2.31. The van der Waals surface area contributed by atoms with E-state index in [-0.39, 0.29) is 5.76 Å². The minimum Gasteiger partial charge on any atom is -0.509 e. The molecule has 2 heterocycles. The summed E-state index contributed by atoms with van der Waals surface area (Å²) in [6.45, 7) is 0. The standard InChI is InChI=1S/C16H16N2O6/c19-10(8-9-4-2-1-3-5-9)14-12(21)13(22)15(24-14)18-7-6-11(20)17-16(18)23/h1-8,12-15,19,21-22H,(H,17,20,23)/t12-,13+,14+,15+/m0/s1. The van der Waals surface area contributed by atoms with Crippen LogP contribution in [0.4, 0.5) is 0 Å². The summed E-state index contributed by atoms with van der Waals surface area (Å²) in [6.07, 6.45) is -2.77. The number of rotatable bonds is 3. The van der Waals surface area contributed by atoms with Crippen LogP contribution >= 0.6 is 0 Å². The molecule has 0 spiro atoms. The quantitative estimate of drug-likeness (QED) is 0.575. The van der Waals surface area contributed by atoms with Crippen LogP contribution in [0.2, 0.25) is 0 Å². The molecule has 1 saturated heterocycles. The second kappa shape index (κ2) is 6.44. The van der Waals surface area contributed by atoms with Crippen molar-refractivity contribution in [2.45, 2.75) is 24.5 Å². The summed E-state index contributed by atoms with van der Waals surface area (Å²) >= 11 is 0. The van der Waals surface area contributed by atoms with Crippen LogP contribution in [0.1, 0.15) is 11.8 Å². The predicted molar refractivity (Wildman–Crippen MR) is 84.3 cm³/mol. The Morgan fingerprint density at radius 3 is 2.50 bits per heavy atom. The van der Waals surface area contributed by atoms with Gasteiger partial charge in [-0.1, -0.05) is 30.3 Å². The van der Waals surface area contributed by atoms with E-state index in [0.29, 0.717) is 5.56 Å². The minimum absolute atomic E-state index is 0.285. The lowest BCUT2D eigenvalue weighted by Crippen LogP contribution is -2.37. The number of hydrogen-bond acceptors (Lipinski definition) is 6. The van der Waals surface area contributed by atoms with Crippen LogP contribution in [0.25, 0.3) is 6.08 Å². The lowest BCUT2D eigenvalue weighted by molar-refractivity contribution is -0.0385. The average molecular weight is 332 g/mol. The smallest absolute Gasteiger partial charge is 0.330 e. The van der Waals surface area contributed by atoms with Gasteiger partial charge in [-0.25, -0.2) is 4.79 Å². The van der Waals surface area contributed by atoms with Crippen molar-refractivity contribution in [2.24, 2.45) is 0 Å². The van der Waals surface area contributed by atoms with E-state index in [4.69, 9.17) is 4.74 Å². The Labute approximate surface area is 135 Å². The van der Waals surface area contributed by atoms with Gasteiger partial charge in [0.1, 0.15) is 24.1 Å². The molecular formula is C16H16N2O6. The van der Waals surface area contributed by atoms with Gasteiger partial charge < -0.3 is 20.1 Å². The SMILES string of the molecule is O=c1ccn([C@@H]2O[C@H](C(O)=Cc3ccccc3)[C@@H](O)[C@H]2O)c(=O)[nH]1. The zero-order valence-electron chi connectivity index (χ0n) is 12.4. The molecule has 1 aromatic carbocycles. The molecule has 1 aromatic heterocycles. The molecule has 8 nitrogen and oxygen atoms in total. The molecule has 0 bridgehead atoms. The van der Waals surface area contributed by atoms with E-state index in [1.807, 2.05) is 11.1 Å². The van der Waals surface area contributed by atoms with Gasteiger partial charge in [-0.05, 0) is 11.6 Å². The first-order valence-corrected chi connectivity index (χ1v) is 7.26. The fourth-order valence-corrected chi connectivity index (χ4v) is 2.56. The molecule has 8 heteroatoms. The molecule has 0 aliphatic carbocycles. The normalized spacial score (nSPS) is 27.3. The molecule has 1 fully saturated rings. The maximum Gasteiger partial charge on any atom is 0.330 e. The molecule has 0 unspecified atom stereocenters. The molecule has 0 amide bonds. The second-order valence-electron chi connectivity index (χ2n) is 5.43. The summed E-state index contributed by atoms with van der Waals surface area (Å²) in [4.78, 5) is 24.9. The molecular weight excluding hydrogens is 316 g/mol. The van der Waals surface area contributed by atoms with E-state index in [1.54, 1.807) is 24.3 Å². The number of aromatic amines is 1. The summed E-state index contributed by atoms with van der Waals surface area (Å²) in [5.41, 5.74) is -0.691. The molecule has 126 valence electrons. The summed E-state index contributed by atoms with van der Waals surface area (Å²) in [6, 6.07) is 9.97. The van der Waals surface area contributed by atoms with E-state index in [0.717, 1.165) is 16.8 Å². The number of benzene rings is 1. The summed E-state index contributed by atoms with van der Waals surface area (Å²) in [5.74, 6) is -0.285. The third-order valence-electron chi connectivity index (χ3n) is 3.77. The van der Waals surface area contributed by atoms with Gasteiger partial charge in [-0.15, -0.1) is 0 Å². The van der Waals surface area contributed by atoms with Gasteiger partial charge in [-0.3, -0.25) is 14.3 Å². The topological polar surface area (TPSA) is 125 Å². The van der Waals surface area contributed by atoms with Crippen molar-refractivity contribution in [3.8, 4) is 0 Å². The molecule has 1 aliphatic heterocycles. The van der Waals surface area contributed by atoms with E-state index < -0.39 is 35.8 Å². The van der Waals surface area contributed by atoms with Crippen molar-refractivity contribution in [1.82, 2.24) is 9.55 Å². The molecule has 1 aliphatic rings. The fourth-order valence-electron chi connectivity index (χ4n) is 2.56. The zero-order valence-corrected chi connectivity index (χ0v) is 12.4. The maximum atomic E-state index is 11.8. The van der Waals surface area contributed by atoms with Crippen LogP contribution in [-0.4, -0.2) is 43.2 Å². The predicted octanol–water partition coefficient (Wildman–Crippen LogP) is -0.245. The van der Waals surface area contributed by atoms with Crippen molar-refractivity contribution < 1.29 is 20.1 Å². The summed E-state index contributed by atoms with van der Waals surface area (Å²) in [5, 5.41) is 30.4. The van der Waals surface area contributed by atoms with Crippen LogP contribution in [0, 0.1) is 0 Å². The van der Waals surface area contributed by atoms with Crippen LogP contribution in [0.5, 0.6) is 0 Å². The minimum atomic E-state index is -1.45. The number of nitrogens with one attached hydrogen (secondary N) is 1. The van der Waals surface area contributed by atoms with Gasteiger partial charge in [0.15, 0.2) is 6.23 Å².